The Balaban J connectivity index is 1.41. The van der Waals surface area contributed by atoms with Gasteiger partial charge in [0.15, 0.2) is 5.78 Å². The number of carbonyl (C=O) groups excluding carboxylic acids is 1. The number of nitrogens with zero attached hydrogens (tertiary/aromatic N) is 2. The van der Waals surface area contributed by atoms with Crippen molar-refractivity contribution >= 4 is 17.2 Å². The molecule has 178 valence electrons. The lowest BCUT2D eigenvalue weighted by Crippen LogP contribution is -2.62. The van der Waals surface area contributed by atoms with E-state index < -0.39 is 0 Å². The molecule has 3 aliphatic carbocycles. The number of piperidine rings is 1. The molecule has 2 aromatic rings. The zero-order chi connectivity index (χ0) is 23.3. The van der Waals surface area contributed by atoms with Crippen LogP contribution in [0.25, 0.3) is 0 Å². The molecule has 5 atom stereocenters. The first-order valence-electron chi connectivity index (χ1n) is 13.2. The van der Waals surface area contributed by atoms with Crippen molar-refractivity contribution in [2.75, 3.05) is 11.6 Å². The molecular weight excluding hydrogens is 418 g/mol. The van der Waals surface area contributed by atoms with Crippen LogP contribution in [0.4, 0.5) is 11.4 Å². The van der Waals surface area contributed by atoms with E-state index in [9.17, 15) is 4.79 Å². The number of hydrazine groups is 2. The predicted octanol–water partition coefficient (Wildman–Crippen LogP) is 6.65. The number of hydrogen-bond donors (Lipinski definition) is 1. The minimum absolute atomic E-state index is 0.0484. The standard InChI is InChI=1S/C30H37N3O/c1-29-17-9-14-26(29)25-21-32(28-20-24(34)15-19-30(28,2)27(25)16-18-29)31-33(22-10-5-3-6-11-22)23-12-7-4-8-13-23/h3-8,10-13,20,25-27,31H,9,14-19,21H2,1-2H3/t25-,26-,27-,29-,30+/m0/s1. The van der Waals surface area contributed by atoms with E-state index in [1.807, 2.05) is 6.08 Å². The molecule has 34 heavy (non-hydrogen) atoms. The van der Waals surface area contributed by atoms with Gasteiger partial charge in [-0.1, -0.05) is 56.7 Å². The number of anilines is 2. The lowest BCUT2D eigenvalue weighted by atomic mass is 9.51. The van der Waals surface area contributed by atoms with Gasteiger partial charge in [0.1, 0.15) is 0 Å². The number of nitrogens with one attached hydrogen (secondary N) is 1. The summed E-state index contributed by atoms with van der Waals surface area (Å²) >= 11 is 0. The van der Waals surface area contributed by atoms with Gasteiger partial charge in [0.25, 0.3) is 0 Å². The second-order valence-electron chi connectivity index (χ2n) is 11.6. The van der Waals surface area contributed by atoms with Crippen molar-refractivity contribution in [1.82, 2.24) is 10.5 Å². The van der Waals surface area contributed by atoms with Gasteiger partial charge in [0.2, 0.25) is 0 Å². The van der Waals surface area contributed by atoms with E-state index in [0.717, 1.165) is 30.3 Å². The van der Waals surface area contributed by atoms with Crippen molar-refractivity contribution in [3.63, 3.8) is 0 Å². The van der Waals surface area contributed by atoms with Crippen LogP contribution in [0.1, 0.15) is 58.8 Å². The summed E-state index contributed by atoms with van der Waals surface area (Å²) in [5, 5.41) is 4.53. The molecule has 0 aromatic heterocycles. The molecule has 0 radical (unpaired) electrons. The molecule has 2 aromatic carbocycles. The van der Waals surface area contributed by atoms with Crippen LogP contribution >= 0.6 is 0 Å². The Morgan fingerprint density at radius 2 is 1.56 bits per heavy atom. The molecule has 4 aliphatic rings. The Kier molecular flexibility index (Phi) is 5.33. The highest BCUT2D eigenvalue weighted by Crippen LogP contribution is 2.63. The first-order valence-corrected chi connectivity index (χ1v) is 13.2. The van der Waals surface area contributed by atoms with Gasteiger partial charge in [0.05, 0.1) is 11.4 Å². The smallest absolute Gasteiger partial charge is 0.157 e. The third-order valence-corrected chi connectivity index (χ3v) is 9.74. The number of hydrogen-bond acceptors (Lipinski definition) is 4. The average molecular weight is 456 g/mol. The van der Waals surface area contributed by atoms with Crippen molar-refractivity contribution in [3.05, 3.63) is 72.4 Å². The van der Waals surface area contributed by atoms with E-state index in [-0.39, 0.29) is 11.2 Å². The first-order chi connectivity index (χ1) is 16.5. The fourth-order valence-corrected chi connectivity index (χ4v) is 7.93. The van der Waals surface area contributed by atoms with Crippen molar-refractivity contribution in [1.29, 1.82) is 0 Å². The highest BCUT2D eigenvalue weighted by Gasteiger charge is 2.58. The molecule has 1 heterocycles. The molecule has 1 N–H and O–H groups in total. The minimum atomic E-state index is 0.0484. The third-order valence-electron chi connectivity index (χ3n) is 9.74. The quantitative estimate of drug-likeness (QED) is 0.524. The monoisotopic (exact) mass is 455 g/mol. The van der Waals surface area contributed by atoms with Crippen LogP contribution in [0, 0.1) is 28.6 Å². The second kappa shape index (κ2) is 8.27. The van der Waals surface area contributed by atoms with Crippen molar-refractivity contribution in [2.24, 2.45) is 28.6 Å². The summed E-state index contributed by atoms with van der Waals surface area (Å²) in [4.78, 5) is 12.7. The SMILES string of the molecule is C[C@@]12CCC[C@H]1[C@@H]1CN(NN(c3ccccc3)c3ccccc3)C3=CC(=O)CC[C@]3(C)[C@H]1CC2. The van der Waals surface area contributed by atoms with Crippen molar-refractivity contribution in [2.45, 2.75) is 58.8 Å². The molecule has 1 aliphatic heterocycles. The van der Waals surface area contributed by atoms with E-state index in [1.54, 1.807) is 0 Å². The Labute approximate surface area is 204 Å². The van der Waals surface area contributed by atoms with Gasteiger partial charge in [0, 0.05) is 30.2 Å². The van der Waals surface area contributed by atoms with E-state index in [0.29, 0.717) is 23.7 Å². The molecule has 0 amide bonds. The summed E-state index contributed by atoms with van der Waals surface area (Å²) in [6.07, 6.45) is 10.4. The van der Waals surface area contributed by atoms with Gasteiger partial charge in [-0.05, 0) is 79.5 Å². The highest BCUT2D eigenvalue weighted by atomic mass is 16.1. The molecule has 1 saturated heterocycles. The van der Waals surface area contributed by atoms with Crippen molar-refractivity contribution in [3.8, 4) is 0 Å². The minimum Gasteiger partial charge on any atom is -0.295 e. The van der Waals surface area contributed by atoms with E-state index in [1.165, 1.54) is 37.8 Å². The van der Waals surface area contributed by atoms with Crippen LogP contribution in [0.3, 0.4) is 0 Å². The second-order valence-corrected chi connectivity index (χ2v) is 11.6. The number of para-hydroxylation sites is 2. The Hall–Kier alpha value is -2.59. The lowest BCUT2D eigenvalue weighted by Gasteiger charge is -2.60. The van der Waals surface area contributed by atoms with Gasteiger partial charge in [-0.3, -0.25) is 14.8 Å². The van der Waals surface area contributed by atoms with Crippen LogP contribution in [-0.2, 0) is 4.79 Å². The van der Waals surface area contributed by atoms with Crippen LogP contribution in [0.5, 0.6) is 0 Å². The molecule has 0 unspecified atom stereocenters. The number of rotatable bonds is 4. The van der Waals surface area contributed by atoms with Crippen LogP contribution in [0.2, 0.25) is 0 Å². The number of ketones is 1. The lowest BCUT2D eigenvalue weighted by molar-refractivity contribution is -0.120. The Bertz CT molecular complexity index is 1040. The number of carbonyl (C=O) groups is 1. The van der Waals surface area contributed by atoms with Gasteiger partial charge < -0.3 is 0 Å². The molecule has 2 saturated carbocycles. The summed E-state index contributed by atoms with van der Waals surface area (Å²) in [7, 11) is 0. The summed E-state index contributed by atoms with van der Waals surface area (Å²) in [6.45, 7) is 5.97. The summed E-state index contributed by atoms with van der Waals surface area (Å²) in [5.41, 5.74) is 7.73. The van der Waals surface area contributed by atoms with E-state index in [4.69, 9.17) is 0 Å². The first kappa shape index (κ1) is 21.9. The van der Waals surface area contributed by atoms with Crippen LogP contribution in [-0.4, -0.2) is 17.3 Å². The molecule has 0 bridgehead atoms. The third kappa shape index (κ3) is 3.50. The molecule has 4 nitrogen and oxygen atoms in total. The maximum atomic E-state index is 12.7. The number of fused-ring (bicyclic) bond motifs is 5. The zero-order valence-electron chi connectivity index (χ0n) is 20.5. The predicted molar refractivity (Wildman–Crippen MR) is 137 cm³/mol. The van der Waals surface area contributed by atoms with Crippen LogP contribution in [0.15, 0.2) is 72.4 Å². The number of allylic oxidation sites excluding steroid dienone is 2. The molecule has 0 spiro atoms. The summed E-state index contributed by atoms with van der Waals surface area (Å²) in [6, 6.07) is 21.0. The van der Waals surface area contributed by atoms with E-state index >= 15 is 0 Å². The summed E-state index contributed by atoms with van der Waals surface area (Å²) < 4.78 is 0. The molecular formula is C30H37N3O. The Morgan fingerprint density at radius 1 is 0.882 bits per heavy atom. The number of benzene rings is 2. The van der Waals surface area contributed by atoms with Crippen LogP contribution < -0.4 is 10.5 Å². The van der Waals surface area contributed by atoms with E-state index in [2.05, 4.69) is 90.1 Å². The van der Waals surface area contributed by atoms with Gasteiger partial charge in [-0.15, -0.1) is 5.53 Å². The fraction of sp³-hybridized carbons (Fsp3) is 0.500. The normalized spacial score (nSPS) is 34.6. The van der Waals surface area contributed by atoms with Crippen molar-refractivity contribution < 1.29 is 4.79 Å². The average Bonchev–Trinajstić information content (AvgIpc) is 3.26. The Morgan fingerprint density at radius 3 is 2.24 bits per heavy atom. The molecule has 6 rings (SSSR count). The highest BCUT2D eigenvalue weighted by molar-refractivity contribution is 5.91. The zero-order valence-corrected chi connectivity index (χ0v) is 20.5. The molecule has 4 heteroatoms. The molecule has 3 fully saturated rings. The maximum Gasteiger partial charge on any atom is 0.157 e. The van der Waals surface area contributed by atoms with Gasteiger partial charge in [-0.25, -0.2) is 0 Å². The topological polar surface area (TPSA) is 35.6 Å². The van der Waals surface area contributed by atoms with Gasteiger partial charge in [-0.2, -0.15) is 0 Å². The summed E-state index contributed by atoms with van der Waals surface area (Å²) in [5.74, 6) is 2.39. The fourth-order valence-electron chi connectivity index (χ4n) is 7.93. The maximum absolute atomic E-state index is 12.7. The van der Waals surface area contributed by atoms with Gasteiger partial charge >= 0.3 is 0 Å². The largest absolute Gasteiger partial charge is 0.295 e.